The van der Waals surface area contributed by atoms with Crippen molar-refractivity contribution in [2.45, 2.75) is 11.0 Å². The van der Waals surface area contributed by atoms with Gasteiger partial charge in [0, 0.05) is 18.2 Å². The molecule has 0 radical (unpaired) electrons. The van der Waals surface area contributed by atoms with Crippen LogP contribution in [0.25, 0.3) is 11.3 Å². The molecule has 1 aliphatic rings. The first-order valence-corrected chi connectivity index (χ1v) is 10.2. The second-order valence-corrected chi connectivity index (χ2v) is 8.04. The number of rotatable bonds is 6. The van der Waals surface area contributed by atoms with E-state index in [4.69, 9.17) is 13.9 Å². The second-order valence-electron chi connectivity index (χ2n) is 6.27. The third kappa shape index (κ3) is 3.89. The summed E-state index contributed by atoms with van der Waals surface area (Å²) in [5.41, 5.74) is 1.47. The fraction of sp³-hybridized carbons (Fsp3) is 0.200. The van der Waals surface area contributed by atoms with E-state index >= 15 is 0 Å². The lowest BCUT2D eigenvalue weighted by Gasteiger charge is -2.19. The second kappa shape index (κ2) is 7.67. The van der Waals surface area contributed by atoms with Gasteiger partial charge in [-0.1, -0.05) is 24.3 Å². The zero-order chi connectivity index (χ0) is 19.6. The zero-order valence-electron chi connectivity index (χ0n) is 14.9. The topological polar surface area (TPSA) is 98.0 Å². The Labute approximate surface area is 162 Å². The van der Waals surface area contributed by atoms with Gasteiger partial charge in [0.2, 0.25) is 10.0 Å². The predicted octanol–water partition coefficient (Wildman–Crippen LogP) is 2.73. The summed E-state index contributed by atoms with van der Waals surface area (Å²) >= 11 is 0. The molecular weight excluding hydrogens is 382 g/mol. The molecule has 0 spiro atoms. The predicted molar refractivity (Wildman–Crippen MR) is 102 cm³/mol. The summed E-state index contributed by atoms with van der Waals surface area (Å²) in [6.45, 7) is 0.649. The number of fused-ring (bicyclic) bond motifs is 1. The minimum Gasteiger partial charge on any atom is -0.486 e. The highest BCUT2D eigenvalue weighted by molar-refractivity contribution is 7.89. The molecule has 0 unspecified atom stereocenters. The van der Waals surface area contributed by atoms with Crippen molar-refractivity contribution in [1.29, 1.82) is 0 Å². The molecule has 2 heterocycles. The normalized spacial score (nSPS) is 14.6. The largest absolute Gasteiger partial charge is 0.486 e. The van der Waals surface area contributed by atoms with Crippen molar-refractivity contribution in [3.63, 3.8) is 0 Å². The molecule has 1 aliphatic heterocycles. The van der Waals surface area contributed by atoms with Gasteiger partial charge in [0.25, 0.3) is 0 Å². The number of aliphatic hydroxyl groups is 1. The molecule has 0 fully saturated rings. The van der Waals surface area contributed by atoms with E-state index in [0.29, 0.717) is 30.3 Å². The van der Waals surface area contributed by atoms with Gasteiger partial charge in [-0.3, -0.25) is 0 Å². The van der Waals surface area contributed by atoms with E-state index in [9.17, 15) is 13.5 Å². The molecule has 1 aromatic heterocycles. The molecule has 0 bridgehead atoms. The Morgan fingerprint density at radius 2 is 1.75 bits per heavy atom. The van der Waals surface area contributed by atoms with E-state index in [-0.39, 0.29) is 11.4 Å². The van der Waals surface area contributed by atoms with Crippen molar-refractivity contribution in [3.05, 3.63) is 66.4 Å². The molecule has 2 N–H and O–H groups in total. The molecule has 2 aromatic carbocycles. The highest BCUT2D eigenvalue weighted by atomic mass is 32.2. The van der Waals surface area contributed by atoms with Gasteiger partial charge in [-0.15, -0.1) is 0 Å². The third-order valence-electron chi connectivity index (χ3n) is 4.39. The van der Waals surface area contributed by atoms with Gasteiger partial charge in [-0.05, 0) is 29.8 Å². The number of hydrogen-bond acceptors (Lipinski definition) is 6. The minimum atomic E-state index is -3.80. The van der Waals surface area contributed by atoms with Crippen LogP contribution < -0.4 is 14.2 Å². The standard InChI is InChI=1S/C20H19NO6S/c22-17(14-3-5-15(6-4-14)18-2-1-9-25-18)13-21-28(23,24)16-7-8-19-20(12-16)27-11-10-26-19/h1-9,12,17,21-22H,10-11,13H2/t17-/m0/s1. The van der Waals surface area contributed by atoms with E-state index < -0.39 is 16.1 Å². The van der Waals surface area contributed by atoms with Gasteiger partial charge in [0.1, 0.15) is 19.0 Å². The van der Waals surface area contributed by atoms with Crippen LogP contribution in [0, 0.1) is 0 Å². The molecule has 7 nitrogen and oxygen atoms in total. The Kier molecular flexibility index (Phi) is 5.08. The number of benzene rings is 2. The Balaban J connectivity index is 1.43. The van der Waals surface area contributed by atoms with E-state index in [1.807, 2.05) is 18.2 Å². The van der Waals surface area contributed by atoms with Crippen LogP contribution >= 0.6 is 0 Å². The van der Waals surface area contributed by atoms with Gasteiger partial charge in [0.05, 0.1) is 17.3 Å². The highest BCUT2D eigenvalue weighted by Gasteiger charge is 2.20. The molecule has 0 saturated carbocycles. The average molecular weight is 401 g/mol. The first kappa shape index (κ1) is 18.5. The summed E-state index contributed by atoms with van der Waals surface area (Å²) < 4.78 is 43.6. The number of furan rings is 1. The molecule has 0 amide bonds. The van der Waals surface area contributed by atoms with Crippen molar-refractivity contribution < 1.29 is 27.4 Å². The van der Waals surface area contributed by atoms with Crippen LogP contribution in [0.4, 0.5) is 0 Å². The Morgan fingerprint density at radius 3 is 2.46 bits per heavy atom. The first-order chi connectivity index (χ1) is 13.5. The van der Waals surface area contributed by atoms with Crippen LogP contribution in [0.1, 0.15) is 11.7 Å². The smallest absolute Gasteiger partial charge is 0.240 e. The number of hydrogen-bond donors (Lipinski definition) is 2. The molecule has 28 heavy (non-hydrogen) atoms. The van der Waals surface area contributed by atoms with E-state index in [2.05, 4.69) is 4.72 Å². The third-order valence-corrected chi connectivity index (χ3v) is 5.81. The van der Waals surface area contributed by atoms with E-state index in [1.165, 1.54) is 12.1 Å². The van der Waals surface area contributed by atoms with Crippen LogP contribution in [0.2, 0.25) is 0 Å². The number of sulfonamides is 1. The number of ether oxygens (including phenoxy) is 2. The van der Waals surface area contributed by atoms with E-state index in [0.717, 1.165) is 11.3 Å². The summed E-state index contributed by atoms with van der Waals surface area (Å²) in [6.07, 6.45) is 0.600. The van der Waals surface area contributed by atoms with E-state index in [1.54, 1.807) is 30.5 Å². The van der Waals surface area contributed by atoms with Crippen LogP contribution in [-0.2, 0) is 10.0 Å². The van der Waals surface area contributed by atoms with Crippen LogP contribution in [0.15, 0.2) is 70.2 Å². The van der Waals surface area contributed by atoms with Gasteiger partial charge < -0.3 is 19.0 Å². The molecule has 146 valence electrons. The molecule has 0 saturated heterocycles. The van der Waals surface area contributed by atoms with Crippen molar-refractivity contribution in [2.24, 2.45) is 0 Å². The zero-order valence-corrected chi connectivity index (χ0v) is 15.7. The summed E-state index contributed by atoms with van der Waals surface area (Å²) in [5, 5.41) is 10.3. The molecule has 0 aliphatic carbocycles. The monoisotopic (exact) mass is 401 g/mol. The lowest BCUT2D eigenvalue weighted by molar-refractivity contribution is 0.171. The van der Waals surface area contributed by atoms with Gasteiger partial charge in [-0.2, -0.15) is 0 Å². The van der Waals surface area contributed by atoms with Gasteiger partial charge >= 0.3 is 0 Å². The van der Waals surface area contributed by atoms with Crippen LogP contribution in [0.3, 0.4) is 0 Å². The van der Waals surface area contributed by atoms with Gasteiger partial charge in [0.15, 0.2) is 11.5 Å². The summed E-state index contributed by atoms with van der Waals surface area (Å²) in [6, 6.07) is 15.2. The maximum Gasteiger partial charge on any atom is 0.240 e. The van der Waals surface area contributed by atoms with Crippen molar-refractivity contribution in [3.8, 4) is 22.8 Å². The number of aliphatic hydroxyl groups excluding tert-OH is 1. The Morgan fingerprint density at radius 1 is 1.00 bits per heavy atom. The fourth-order valence-electron chi connectivity index (χ4n) is 2.89. The maximum atomic E-state index is 12.5. The maximum absolute atomic E-state index is 12.5. The van der Waals surface area contributed by atoms with Crippen molar-refractivity contribution in [1.82, 2.24) is 4.72 Å². The number of nitrogens with one attached hydrogen (secondary N) is 1. The minimum absolute atomic E-state index is 0.0529. The first-order valence-electron chi connectivity index (χ1n) is 8.74. The molecular formula is C20H19NO6S. The Hall–Kier alpha value is -2.81. The molecule has 3 aromatic rings. The summed E-state index contributed by atoms with van der Waals surface area (Å²) in [5.74, 6) is 1.63. The molecule has 1 atom stereocenters. The summed E-state index contributed by atoms with van der Waals surface area (Å²) in [7, 11) is -3.80. The fourth-order valence-corrected chi connectivity index (χ4v) is 3.95. The van der Waals surface area contributed by atoms with Gasteiger partial charge in [-0.25, -0.2) is 13.1 Å². The molecule has 8 heteroatoms. The quantitative estimate of drug-likeness (QED) is 0.659. The van der Waals surface area contributed by atoms with Crippen LogP contribution in [0.5, 0.6) is 11.5 Å². The summed E-state index contributed by atoms with van der Waals surface area (Å²) in [4.78, 5) is 0.0529. The average Bonchev–Trinajstić information content (AvgIpc) is 3.27. The molecule has 4 rings (SSSR count). The SMILES string of the molecule is O=S(=O)(NC[C@H](O)c1ccc(-c2ccco2)cc1)c1ccc2c(c1)OCCO2. The lowest BCUT2D eigenvalue weighted by atomic mass is 10.1. The van der Waals surface area contributed by atoms with Crippen molar-refractivity contribution >= 4 is 10.0 Å². The lowest BCUT2D eigenvalue weighted by Crippen LogP contribution is -2.28. The van der Waals surface area contributed by atoms with Crippen molar-refractivity contribution in [2.75, 3.05) is 19.8 Å². The Bertz CT molecular complexity index is 1040. The highest BCUT2D eigenvalue weighted by Crippen LogP contribution is 2.32. The van der Waals surface area contributed by atoms with Crippen LogP contribution in [-0.4, -0.2) is 33.3 Å².